The number of pyridine rings is 1. The van der Waals surface area contributed by atoms with Crippen LogP contribution in [0.5, 0.6) is 0 Å². The van der Waals surface area contributed by atoms with E-state index >= 15 is 0 Å². The molecule has 6 heteroatoms. The minimum atomic E-state index is -1.24. The molecule has 94 valence electrons. The molecule has 0 unspecified atom stereocenters. The summed E-state index contributed by atoms with van der Waals surface area (Å²) in [4.78, 5) is 16.9. The number of rotatable bonds is 3. The van der Waals surface area contributed by atoms with Crippen molar-refractivity contribution in [1.82, 2.24) is 9.88 Å². The number of ether oxygens (including phenoxy) is 1. The van der Waals surface area contributed by atoms with Gasteiger partial charge in [0.2, 0.25) is 0 Å². The van der Waals surface area contributed by atoms with Gasteiger partial charge in [0.05, 0.1) is 30.9 Å². The molecule has 3 heterocycles. The molecule has 2 aliphatic rings. The number of aromatic carboxylic acids is 1. The zero-order valence-corrected chi connectivity index (χ0v) is 10.8. The van der Waals surface area contributed by atoms with E-state index in [9.17, 15) is 9.90 Å². The SMILES string of the molecule is O=C([O-])c1cc(C2=CCN(C3COC3)C2)ccn1.[Li+]. The first-order valence-electron chi connectivity index (χ1n) is 5.92. The maximum absolute atomic E-state index is 10.8. The van der Waals surface area contributed by atoms with Crippen molar-refractivity contribution in [3.63, 3.8) is 0 Å². The third-order valence-electron chi connectivity index (χ3n) is 3.42. The van der Waals surface area contributed by atoms with E-state index < -0.39 is 5.97 Å². The molecular formula is C13H13LiN2O3. The number of nitrogens with zero attached hydrogens (tertiary/aromatic N) is 2. The molecule has 1 aromatic rings. The molecular weight excluding hydrogens is 239 g/mol. The van der Waals surface area contributed by atoms with Gasteiger partial charge < -0.3 is 14.6 Å². The van der Waals surface area contributed by atoms with Crippen LogP contribution < -0.4 is 24.0 Å². The van der Waals surface area contributed by atoms with Crippen LogP contribution in [0.3, 0.4) is 0 Å². The molecule has 0 amide bonds. The molecule has 1 saturated heterocycles. The molecule has 3 rings (SSSR count). The van der Waals surface area contributed by atoms with Gasteiger partial charge in [0.25, 0.3) is 0 Å². The van der Waals surface area contributed by atoms with Crippen molar-refractivity contribution in [3.05, 3.63) is 35.7 Å². The van der Waals surface area contributed by atoms with Crippen LogP contribution in [0, 0.1) is 0 Å². The van der Waals surface area contributed by atoms with Crippen molar-refractivity contribution < 1.29 is 33.5 Å². The fourth-order valence-corrected chi connectivity index (χ4v) is 2.24. The fraction of sp³-hybridized carbons (Fsp3) is 0.385. The second kappa shape index (κ2) is 5.89. The number of carbonyl (C=O) groups excluding carboxylic acids is 1. The molecule has 0 spiro atoms. The zero-order valence-electron chi connectivity index (χ0n) is 10.8. The molecule has 2 aliphatic heterocycles. The monoisotopic (exact) mass is 252 g/mol. The second-order valence-electron chi connectivity index (χ2n) is 4.57. The topological polar surface area (TPSA) is 65.5 Å². The van der Waals surface area contributed by atoms with E-state index in [2.05, 4.69) is 16.0 Å². The predicted octanol–water partition coefficient (Wildman–Crippen LogP) is -3.45. The quantitative estimate of drug-likeness (QED) is 0.523. The third kappa shape index (κ3) is 2.90. The summed E-state index contributed by atoms with van der Waals surface area (Å²) in [5, 5.41) is 10.8. The van der Waals surface area contributed by atoms with Crippen LogP contribution >= 0.6 is 0 Å². The van der Waals surface area contributed by atoms with Gasteiger partial charge in [0, 0.05) is 19.3 Å². The molecule has 5 nitrogen and oxygen atoms in total. The zero-order chi connectivity index (χ0) is 12.5. The van der Waals surface area contributed by atoms with E-state index in [0.717, 1.165) is 37.4 Å². The Hall–Kier alpha value is -1.12. The van der Waals surface area contributed by atoms with E-state index in [1.54, 1.807) is 6.07 Å². The Morgan fingerprint density at radius 1 is 1.47 bits per heavy atom. The maximum atomic E-state index is 10.8. The molecule has 0 bridgehead atoms. The van der Waals surface area contributed by atoms with E-state index in [-0.39, 0.29) is 24.6 Å². The van der Waals surface area contributed by atoms with Gasteiger partial charge in [-0.15, -0.1) is 0 Å². The normalized spacial score (nSPS) is 19.5. The third-order valence-corrected chi connectivity index (χ3v) is 3.42. The van der Waals surface area contributed by atoms with Gasteiger partial charge in [-0.3, -0.25) is 9.88 Å². The number of hydrogen-bond donors (Lipinski definition) is 0. The minimum absolute atomic E-state index is 0. The van der Waals surface area contributed by atoms with Gasteiger partial charge in [-0.05, 0) is 23.3 Å². The predicted molar refractivity (Wildman–Crippen MR) is 62.7 cm³/mol. The standard InChI is InChI=1S/C13H14N2O3.Li/c16-13(17)12-5-9(1-3-14-12)10-2-4-15(6-10)11-7-18-8-11;/h1-3,5,11H,4,6-8H2,(H,16,17);/q;+1/p-1. The van der Waals surface area contributed by atoms with Crippen molar-refractivity contribution in [2.45, 2.75) is 6.04 Å². The van der Waals surface area contributed by atoms with E-state index in [0.29, 0.717) is 6.04 Å². The number of carboxylic acid groups (broad SMARTS) is 1. The van der Waals surface area contributed by atoms with Crippen LogP contribution in [0.15, 0.2) is 24.4 Å². The Kier molecular flexibility index (Phi) is 4.43. The Balaban J connectivity index is 0.00000133. The van der Waals surface area contributed by atoms with Gasteiger partial charge in [0.15, 0.2) is 0 Å². The van der Waals surface area contributed by atoms with E-state index in [1.165, 1.54) is 6.20 Å². The smallest absolute Gasteiger partial charge is 0.543 e. The maximum Gasteiger partial charge on any atom is 1.00 e. The molecule has 1 fully saturated rings. The summed E-state index contributed by atoms with van der Waals surface area (Å²) in [6.07, 6.45) is 3.64. The Morgan fingerprint density at radius 2 is 2.26 bits per heavy atom. The van der Waals surface area contributed by atoms with Crippen LogP contribution in [0.4, 0.5) is 0 Å². The molecule has 0 radical (unpaired) electrons. The van der Waals surface area contributed by atoms with Crippen LogP contribution in [0.1, 0.15) is 16.1 Å². The van der Waals surface area contributed by atoms with Crippen molar-refractivity contribution in [3.8, 4) is 0 Å². The molecule has 0 atom stereocenters. The van der Waals surface area contributed by atoms with Gasteiger partial charge in [-0.2, -0.15) is 0 Å². The first-order valence-corrected chi connectivity index (χ1v) is 5.92. The Bertz CT molecular complexity index is 514. The summed E-state index contributed by atoms with van der Waals surface area (Å²) in [5.41, 5.74) is 2.04. The fourth-order valence-electron chi connectivity index (χ4n) is 2.24. The van der Waals surface area contributed by atoms with Gasteiger partial charge in [0.1, 0.15) is 0 Å². The summed E-state index contributed by atoms with van der Waals surface area (Å²) in [6.45, 7) is 3.32. The number of hydrogen-bond acceptors (Lipinski definition) is 5. The summed E-state index contributed by atoms with van der Waals surface area (Å²) < 4.78 is 5.18. The second-order valence-corrected chi connectivity index (χ2v) is 4.57. The number of carbonyl (C=O) groups is 1. The molecule has 0 aromatic carbocycles. The molecule has 0 aliphatic carbocycles. The van der Waals surface area contributed by atoms with Gasteiger partial charge in [-0.25, -0.2) is 0 Å². The van der Waals surface area contributed by atoms with Crippen LogP contribution in [-0.4, -0.2) is 48.2 Å². The first-order chi connectivity index (χ1) is 8.74. The van der Waals surface area contributed by atoms with Crippen molar-refractivity contribution in [2.75, 3.05) is 26.3 Å². The molecule has 0 saturated carbocycles. The summed E-state index contributed by atoms with van der Waals surface area (Å²) >= 11 is 0. The summed E-state index contributed by atoms with van der Waals surface area (Å²) in [6, 6.07) is 3.90. The summed E-state index contributed by atoms with van der Waals surface area (Å²) in [7, 11) is 0. The van der Waals surface area contributed by atoms with Crippen LogP contribution in [0.25, 0.3) is 5.57 Å². The Morgan fingerprint density at radius 3 is 2.89 bits per heavy atom. The van der Waals surface area contributed by atoms with Gasteiger partial charge in [-0.1, -0.05) is 6.08 Å². The van der Waals surface area contributed by atoms with E-state index in [1.807, 2.05) is 6.07 Å². The average molecular weight is 252 g/mol. The molecule has 0 N–H and O–H groups in total. The van der Waals surface area contributed by atoms with Crippen LogP contribution in [0.2, 0.25) is 0 Å². The van der Waals surface area contributed by atoms with Gasteiger partial charge >= 0.3 is 18.9 Å². The van der Waals surface area contributed by atoms with Crippen molar-refractivity contribution in [2.24, 2.45) is 0 Å². The van der Waals surface area contributed by atoms with Crippen molar-refractivity contribution in [1.29, 1.82) is 0 Å². The number of aromatic nitrogens is 1. The van der Waals surface area contributed by atoms with Crippen molar-refractivity contribution >= 4 is 11.5 Å². The Labute approximate surface area is 123 Å². The number of carboxylic acids is 1. The average Bonchev–Trinajstić information content (AvgIpc) is 2.76. The molecule has 19 heavy (non-hydrogen) atoms. The molecule has 1 aromatic heterocycles. The van der Waals surface area contributed by atoms with Crippen LogP contribution in [-0.2, 0) is 4.74 Å². The first kappa shape index (κ1) is 14.3. The van der Waals surface area contributed by atoms with E-state index in [4.69, 9.17) is 4.74 Å². The largest absolute Gasteiger partial charge is 1.00 e. The summed E-state index contributed by atoms with van der Waals surface area (Å²) in [5.74, 6) is -1.24. The minimum Gasteiger partial charge on any atom is -0.543 e.